The Labute approximate surface area is 306 Å². The number of rotatable bonds is 1. The molecular formula is C49H33NOSi. The van der Waals surface area contributed by atoms with Gasteiger partial charge in [0.15, 0.2) is 0 Å². The summed E-state index contributed by atoms with van der Waals surface area (Å²) in [4.78, 5) is 4.62. The number of benzene rings is 7. The second-order valence-electron chi connectivity index (χ2n) is 14.1. The molecule has 0 amide bonds. The first kappa shape index (κ1) is 26.5. The van der Waals surface area contributed by atoms with Crippen LogP contribution in [0.1, 0.15) is 4.11 Å². The van der Waals surface area contributed by atoms with Gasteiger partial charge in [0, 0.05) is 15.9 Å². The van der Waals surface area contributed by atoms with Crippen molar-refractivity contribution in [3.8, 4) is 33.8 Å². The molecule has 0 bridgehead atoms. The zero-order valence-electron chi connectivity index (χ0n) is 31.4. The van der Waals surface area contributed by atoms with Gasteiger partial charge in [0.1, 0.15) is 19.6 Å². The molecule has 0 saturated heterocycles. The summed E-state index contributed by atoms with van der Waals surface area (Å²) in [5, 5.41) is 15.5. The largest absolute Gasteiger partial charge is 0.455 e. The van der Waals surface area contributed by atoms with Gasteiger partial charge in [-0.15, -0.1) is 0 Å². The van der Waals surface area contributed by atoms with Crippen molar-refractivity contribution in [2.24, 2.45) is 0 Å². The quantitative estimate of drug-likeness (QED) is 0.161. The second kappa shape index (κ2) is 10.9. The minimum Gasteiger partial charge on any atom is -0.455 e. The maximum atomic E-state index is 8.81. The van der Waals surface area contributed by atoms with Gasteiger partial charge in [-0.05, 0) is 105 Å². The highest BCUT2D eigenvalue weighted by atomic mass is 28.3. The van der Waals surface area contributed by atoms with E-state index in [-0.39, 0.29) is 0 Å². The normalized spacial score (nSPS) is 16.4. The third-order valence-electron chi connectivity index (χ3n) is 11.2. The summed E-state index contributed by atoms with van der Waals surface area (Å²) in [5.41, 5.74) is 4.26. The smallest absolute Gasteiger partial charge is 0.145 e. The molecule has 0 N–H and O–H groups in total. The van der Waals surface area contributed by atoms with Crippen LogP contribution in [0.5, 0.6) is 11.5 Å². The van der Waals surface area contributed by atoms with Crippen LogP contribution in [0.25, 0.3) is 86.9 Å². The van der Waals surface area contributed by atoms with Crippen LogP contribution < -0.4 is 15.2 Å². The predicted molar refractivity (Wildman–Crippen MR) is 223 cm³/mol. The number of para-hydroxylation sites is 1. The lowest BCUT2D eigenvalue weighted by Crippen LogP contribution is -2.57. The van der Waals surface area contributed by atoms with Crippen LogP contribution in [-0.4, -0.2) is 13.1 Å². The van der Waals surface area contributed by atoms with Crippen LogP contribution in [0.3, 0.4) is 0 Å². The highest BCUT2D eigenvalue weighted by Crippen LogP contribution is 2.48. The van der Waals surface area contributed by atoms with E-state index in [9.17, 15) is 0 Å². The molecule has 1 aliphatic heterocycles. The molecule has 8 aromatic rings. The number of pyridine rings is 1. The average Bonchev–Trinajstić information content (AvgIpc) is 3.21. The number of hydrogen-bond acceptors (Lipinski definition) is 2. The van der Waals surface area contributed by atoms with Gasteiger partial charge in [-0.2, -0.15) is 0 Å². The Kier molecular flexibility index (Phi) is 5.53. The van der Waals surface area contributed by atoms with Crippen molar-refractivity contribution in [2.75, 3.05) is 0 Å². The first-order valence-corrected chi connectivity index (χ1v) is 20.3. The summed E-state index contributed by atoms with van der Waals surface area (Å²) >= 11 is 0. The Balaban J connectivity index is 1.34. The Morgan fingerprint density at radius 1 is 0.481 bits per heavy atom. The van der Waals surface area contributed by atoms with E-state index < -0.39 is 14.5 Å². The van der Waals surface area contributed by atoms with E-state index in [0.29, 0.717) is 16.8 Å². The van der Waals surface area contributed by atoms with Gasteiger partial charge >= 0.3 is 0 Å². The Hall–Kier alpha value is -6.29. The third kappa shape index (κ3) is 4.03. The van der Waals surface area contributed by atoms with Gasteiger partial charge in [0.2, 0.25) is 0 Å². The highest BCUT2D eigenvalue weighted by Gasteiger charge is 2.38. The van der Waals surface area contributed by atoms with Gasteiger partial charge in [0.25, 0.3) is 0 Å². The Morgan fingerprint density at radius 2 is 0.962 bits per heavy atom. The van der Waals surface area contributed by atoms with Crippen LogP contribution in [0.4, 0.5) is 0 Å². The standard InChI is InChI=1S/C49H33NOSi/c1-52(2)45-25-11-19-31(48(45)51-44-24-12-28-50-49(44)52)30-26-27-38-34-15-5-8-18-37(34)40-21-9-20-39-35-16-6-3-13-32(35)33-14-4-7-17-36(33)41-22-10-23-42(43(38)29-30)47(41)46(39)40/h3-29H,1-2H3/i1D3. The second-order valence-corrected chi connectivity index (χ2v) is 17.4. The van der Waals surface area contributed by atoms with Gasteiger partial charge in [0.05, 0.1) is 5.32 Å². The van der Waals surface area contributed by atoms with E-state index in [4.69, 9.17) is 8.85 Å². The number of hydrogen-bond donors (Lipinski definition) is 0. The minimum atomic E-state index is -3.35. The summed E-state index contributed by atoms with van der Waals surface area (Å²) in [6.45, 7) is -0.329. The van der Waals surface area contributed by atoms with Gasteiger partial charge in [-0.3, -0.25) is 4.98 Å². The Morgan fingerprint density at radius 3 is 1.52 bits per heavy atom. The first-order valence-electron chi connectivity index (χ1n) is 19.3. The molecule has 3 heteroatoms. The molecule has 52 heavy (non-hydrogen) atoms. The molecule has 0 radical (unpaired) electrons. The lowest BCUT2D eigenvalue weighted by molar-refractivity contribution is 0.486. The maximum absolute atomic E-state index is 8.81. The molecule has 3 aliphatic rings. The van der Waals surface area contributed by atoms with E-state index in [2.05, 4.69) is 138 Å². The fourth-order valence-corrected chi connectivity index (χ4v) is 11.2. The van der Waals surface area contributed by atoms with Crippen molar-refractivity contribution in [3.63, 3.8) is 0 Å². The SMILES string of the molecule is [2H]C([2H])([2H])[Si]1(C)c2cccc(-c3ccc4c(c3)c3cccc5c3-c3c(cccc3c3ccccc34)c3ccccc3c3ccccc53)c2Oc2cccnc21. The molecule has 7 aromatic carbocycles. The van der Waals surface area contributed by atoms with Crippen molar-refractivity contribution >= 4 is 83.2 Å². The maximum Gasteiger partial charge on any atom is 0.145 e. The summed E-state index contributed by atoms with van der Waals surface area (Å²) in [5.74, 6) is 1.14. The zero-order valence-corrected chi connectivity index (χ0v) is 29.4. The highest BCUT2D eigenvalue weighted by molar-refractivity contribution is 7.01. The fraction of sp³-hybridized carbons (Fsp3) is 0.0408. The van der Waals surface area contributed by atoms with Crippen molar-refractivity contribution < 1.29 is 8.85 Å². The van der Waals surface area contributed by atoms with Crippen molar-refractivity contribution in [2.45, 2.75) is 13.0 Å². The van der Waals surface area contributed by atoms with Crippen LogP contribution in [-0.2, 0) is 0 Å². The predicted octanol–water partition coefficient (Wildman–Crippen LogP) is 12.3. The number of ether oxygens (including phenoxy) is 1. The lowest BCUT2D eigenvalue weighted by atomic mass is 9.83. The topological polar surface area (TPSA) is 22.1 Å². The summed E-state index contributed by atoms with van der Waals surface area (Å²) < 4.78 is 33.1. The molecule has 11 rings (SSSR count). The minimum absolute atomic E-state index is 0.528. The van der Waals surface area contributed by atoms with Crippen LogP contribution >= 0.6 is 0 Å². The van der Waals surface area contributed by atoms with Gasteiger partial charge < -0.3 is 4.74 Å². The average molecular weight is 683 g/mol. The number of aromatic nitrogens is 1. The number of fused-ring (bicyclic) bond motifs is 12. The third-order valence-corrected chi connectivity index (χ3v) is 14.0. The molecule has 0 saturated carbocycles. The monoisotopic (exact) mass is 682 g/mol. The number of nitrogens with zero attached hydrogens (tertiary/aromatic N) is 1. The van der Waals surface area contributed by atoms with E-state index in [1.54, 1.807) is 6.20 Å². The van der Waals surface area contributed by atoms with E-state index in [0.717, 1.165) is 37.9 Å². The van der Waals surface area contributed by atoms with Crippen LogP contribution in [0, 0.1) is 0 Å². The zero-order chi connectivity index (χ0) is 37.1. The Bertz CT molecular complexity index is 3260. The van der Waals surface area contributed by atoms with E-state index in [1.807, 2.05) is 30.8 Å². The van der Waals surface area contributed by atoms with Crippen molar-refractivity contribution in [1.82, 2.24) is 4.98 Å². The molecule has 2 aliphatic carbocycles. The first-order chi connectivity index (χ1) is 26.8. The van der Waals surface area contributed by atoms with E-state index in [1.165, 1.54) is 54.2 Å². The molecule has 1 unspecified atom stereocenters. The molecule has 0 fully saturated rings. The molecule has 1 aromatic heterocycles. The summed E-state index contributed by atoms with van der Waals surface area (Å²) in [7, 11) is -3.35. The molecule has 244 valence electrons. The van der Waals surface area contributed by atoms with Crippen LogP contribution in [0.2, 0.25) is 13.0 Å². The van der Waals surface area contributed by atoms with Crippen molar-refractivity contribution in [1.29, 1.82) is 0 Å². The molecular weight excluding hydrogens is 647 g/mol. The van der Waals surface area contributed by atoms with Crippen molar-refractivity contribution in [3.05, 3.63) is 164 Å². The van der Waals surface area contributed by atoms with Gasteiger partial charge in [-0.1, -0.05) is 153 Å². The fourth-order valence-electron chi connectivity index (χ4n) is 8.92. The lowest BCUT2D eigenvalue weighted by Gasteiger charge is -2.32. The summed E-state index contributed by atoms with van der Waals surface area (Å²) in [6.07, 6.45) is 1.67. The molecule has 1 atom stereocenters. The molecule has 2 nitrogen and oxygen atoms in total. The molecule has 2 heterocycles. The summed E-state index contributed by atoms with van der Waals surface area (Å²) in [6, 6.07) is 56.1. The van der Waals surface area contributed by atoms with Crippen LogP contribution in [0.15, 0.2) is 164 Å². The van der Waals surface area contributed by atoms with Gasteiger partial charge in [-0.25, -0.2) is 0 Å². The molecule has 0 spiro atoms. The van der Waals surface area contributed by atoms with E-state index >= 15 is 0 Å².